The van der Waals surface area contributed by atoms with E-state index in [2.05, 4.69) is 0 Å². The molecular formula is C3H7F2NOS. The standard InChI is InChI=1S/C3H7F2NOS/c4-2(5)1-3(6)8-7/h2-3,7H,1,6H2. The van der Waals surface area contributed by atoms with Crippen molar-refractivity contribution in [2.24, 2.45) is 5.73 Å². The Kier molecular flexibility index (Phi) is 4.12. The summed E-state index contributed by atoms with van der Waals surface area (Å²) in [5.41, 5.74) is 4.91. The minimum atomic E-state index is -2.43. The Labute approximate surface area is 50.3 Å². The van der Waals surface area contributed by atoms with E-state index < -0.39 is 18.2 Å². The smallest absolute Gasteiger partial charge is 0.241 e. The highest BCUT2D eigenvalue weighted by atomic mass is 32.2. The van der Waals surface area contributed by atoms with Crippen LogP contribution in [0.2, 0.25) is 0 Å². The summed E-state index contributed by atoms with van der Waals surface area (Å²) in [5.74, 6) is 0. The van der Waals surface area contributed by atoms with Gasteiger partial charge in [0.15, 0.2) is 0 Å². The lowest BCUT2D eigenvalue weighted by atomic mass is 10.4. The van der Waals surface area contributed by atoms with Crippen LogP contribution in [-0.4, -0.2) is 16.4 Å². The van der Waals surface area contributed by atoms with Gasteiger partial charge in [-0.25, -0.2) is 8.78 Å². The van der Waals surface area contributed by atoms with Gasteiger partial charge in [-0.15, -0.1) is 0 Å². The largest absolute Gasteiger partial charge is 0.329 e. The van der Waals surface area contributed by atoms with Crippen LogP contribution in [0.5, 0.6) is 0 Å². The van der Waals surface area contributed by atoms with Gasteiger partial charge >= 0.3 is 0 Å². The van der Waals surface area contributed by atoms with Crippen LogP contribution in [0.15, 0.2) is 0 Å². The summed E-state index contributed by atoms with van der Waals surface area (Å²) >= 11 is 0.251. The summed E-state index contributed by atoms with van der Waals surface area (Å²) in [6.07, 6.45) is -2.88. The Morgan fingerprint density at radius 3 is 2.25 bits per heavy atom. The SMILES string of the molecule is NC(CC(F)F)SO. The van der Waals surface area contributed by atoms with Gasteiger partial charge in [-0.3, -0.25) is 0 Å². The van der Waals surface area contributed by atoms with E-state index in [0.717, 1.165) is 0 Å². The molecular weight excluding hydrogens is 136 g/mol. The van der Waals surface area contributed by atoms with Gasteiger partial charge in [0.25, 0.3) is 0 Å². The minimum Gasteiger partial charge on any atom is -0.329 e. The highest BCUT2D eigenvalue weighted by molar-refractivity contribution is 7.94. The van der Waals surface area contributed by atoms with E-state index in [9.17, 15) is 8.78 Å². The number of rotatable bonds is 3. The molecule has 0 bridgehead atoms. The third kappa shape index (κ3) is 4.29. The van der Waals surface area contributed by atoms with E-state index in [4.69, 9.17) is 10.3 Å². The summed E-state index contributed by atoms with van der Waals surface area (Å²) in [7, 11) is 0. The van der Waals surface area contributed by atoms with E-state index in [1.807, 2.05) is 0 Å². The molecule has 0 saturated carbocycles. The van der Waals surface area contributed by atoms with Crippen molar-refractivity contribution in [3.8, 4) is 0 Å². The highest BCUT2D eigenvalue weighted by Gasteiger charge is 2.09. The Morgan fingerprint density at radius 2 is 2.12 bits per heavy atom. The molecule has 5 heteroatoms. The van der Waals surface area contributed by atoms with Crippen molar-refractivity contribution >= 4 is 12.0 Å². The number of hydrogen-bond donors (Lipinski definition) is 2. The molecule has 0 rings (SSSR count). The van der Waals surface area contributed by atoms with Crippen molar-refractivity contribution < 1.29 is 13.3 Å². The molecule has 0 fully saturated rings. The van der Waals surface area contributed by atoms with Gasteiger partial charge in [0.05, 0.1) is 5.37 Å². The molecule has 0 aliphatic rings. The topological polar surface area (TPSA) is 46.2 Å². The third-order valence-electron chi connectivity index (χ3n) is 0.546. The molecule has 3 N–H and O–H groups in total. The maximum absolute atomic E-state index is 11.3. The lowest BCUT2D eigenvalue weighted by Gasteiger charge is -2.03. The van der Waals surface area contributed by atoms with Crippen molar-refractivity contribution in [2.45, 2.75) is 18.2 Å². The normalized spacial score (nSPS) is 14.6. The molecule has 0 aliphatic heterocycles. The molecule has 0 spiro atoms. The van der Waals surface area contributed by atoms with Crippen molar-refractivity contribution in [1.82, 2.24) is 0 Å². The first-order valence-corrected chi connectivity index (χ1v) is 2.84. The van der Waals surface area contributed by atoms with Crippen LogP contribution in [0.4, 0.5) is 8.78 Å². The number of hydrogen-bond acceptors (Lipinski definition) is 3. The number of halogens is 2. The second kappa shape index (κ2) is 4.05. The van der Waals surface area contributed by atoms with Crippen LogP contribution in [-0.2, 0) is 0 Å². The molecule has 0 amide bonds. The van der Waals surface area contributed by atoms with Gasteiger partial charge in [0.1, 0.15) is 0 Å². The van der Waals surface area contributed by atoms with Gasteiger partial charge < -0.3 is 10.3 Å². The van der Waals surface area contributed by atoms with Crippen LogP contribution in [0.1, 0.15) is 6.42 Å². The second-order valence-corrected chi connectivity index (χ2v) is 2.09. The second-order valence-electron chi connectivity index (χ2n) is 1.27. The van der Waals surface area contributed by atoms with Crippen LogP contribution in [0.25, 0.3) is 0 Å². The highest BCUT2D eigenvalue weighted by Crippen LogP contribution is 2.09. The summed E-state index contributed by atoms with van der Waals surface area (Å²) < 4.78 is 30.6. The summed E-state index contributed by atoms with van der Waals surface area (Å²) in [6.45, 7) is 0. The fourth-order valence-corrected chi connectivity index (χ4v) is 0.450. The predicted octanol–water partition coefficient (Wildman–Crippen LogP) is 1.13. The van der Waals surface area contributed by atoms with Gasteiger partial charge in [-0.2, -0.15) is 0 Å². The van der Waals surface area contributed by atoms with Crippen LogP contribution in [0, 0.1) is 0 Å². The summed E-state index contributed by atoms with van der Waals surface area (Å²) in [6, 6.07) is 0. The predicted molar refractivity (Wildman–Crippen MR) is 28.8 cm³/mol. The van der Waals surface area contributed by atoms with Crippen molar-refractivity contribution in [3.05, 3.63) is 0 Å². The van der Waals surface area contributed by atoms with Crippen molar-refractivity contribution in [1.29, 1.82) is 0 Å². The molecule has 1 atom stereocenters. The van der Waals surface area contributed by atoms with Crippen molar-refractivity contribution in [3.63, 3.8) is 0 Å². The van der Waals surface area contributed by atoms with Crippen LogP contribution in [0.3, 0.4) is 0 Å². The zero-order chi connectivity index (χ0) is 6.57. The molecule has 0 aromatic carbocycles. The van der Waals surface area contributed by atoms with E-state index >= 15 is 0 Å². The van der Waals surface area contributed by atoms with Gasteiger partial charge in [-0.05, 0) is 0 Å². The molecule has 0 aromatic heterocycles. The maximum atomic E-state index is 11.3. The average Bonchev–Trinajstić information content (AvgIpc) is 1.65. The molecule has 1 unspecified atom stereocenters. The van der Waals surface area contributed by atoms with E-state index in [1.54, 1.807) is 0 Å². The first kappa shape index (κ1) is 8.13. The Balaban J connectivity index is 3.10. The molecule has 8 heavy (non-hydrogen) atoms. The fourth-order valence-electron chi connectivity index (χ4n) is 0.219. The summed E-state index contributed by atoms with van der Waals surface area (Å²) in [4.78, 5) is 0. The lowest BCUT2D eigenvalue weighted by molar-refractivity contribution is 0.137. The zero-order valence-corrected chi connectivity index (χ0v) is 4.87. The molecule has 0 aromatic rings. The Bertz CT molecular complexity index is 63.2. The van der Waals surface area contributed by atoms with Crippen LogP contribution < -0.4 is 5.73 Å². The zero-order valence-electron chi connectivity index (χ0n) is 4.05. The number of alkyl halides is 2. The molecule has 0 radical (unpaired) electrons. The van der Waals surface area contributed by atoms with Gasteiger partial charge in [-0.1, -0.05) is 0 Å². The number of nitrogens with two attached hydrogens (primary N) is 1. The van der Waals surface area contributed by atoms with Gasteiger partial charge in [0, 0.05) is 18.5 Å². The Hall–Kier alpha value is 0.130. The van der Waals surface area contributed by atoms with E-state index in [0.29, 0.717) is 0 Å². The average molecular weight is 143 g/mol. The van der Waals surface area contributed by atoms with Gasteiger partial charge in [0.2, 0.25) is 6.43 Å². The minimum absolute atomic E-state index is 0.251. The van der Waals surface area contributed by atoms with Crippen molar-refractivity contribution in [2.75, 3.05) is 0 Å². The summed E-state index contributed by atoms with van der Waals surface area (Å²) in [5, 5.41) is -0.852. The maximum Gasteiger partial charge on any atom is 0.241 e. The van der Waals surface area contributed by atoms with Crippen LogP contribution >= 0.6 is 12.0 Å². The molecule has 0 heterocycles. The first-order chi connectivity index (χ1) is 3.66. The quantitative estimate of drug-likeness (QED) is 0.460. The molecule has 0 aliphatic carbocycles. The molecule has 2 nitrogen and oxygen atoms in total. The molecule has 50 valence electrons. The lowest BCUT2D eigenvalue weighted by Crippen LogP contribution is -2.18. The first-order valence-electron chi connectivity index (χ1n) is 2.00. The monoisotopic (exact) mass is 143 g/mol. The third-order valence-corrected chi connectivity index (χ3v) is 1.01. The molecule has 0 saturated heterocycles. The fraction of sp³-hybridized carbons (Fsp3) is 1.00. The Morgan fingerprint density at radius 1 is 1.62 bits per heavy atom. The van der Waals surface area contributed by atoms with E-state index in [1.165, 1.54) is 0 Å². The van der Waals surface area contributed by atoms with E-state index in [-0.39, 0.29) is 12.0 Å².